The first-order chi connectivity index (χ1) is 13.5. The minimum absolute atomic E-state index is 0.0170. The minimum atomic E-state index is -0.143. The fourth-order valence-corrected chi connectivity index (χ4v) is 4.36. The summed E-state index contributed by atoms with van der Waals surface area (Å²) in [5.41, 5.74) is 2.36. The first-order valence-corrected chi connectivity index (χ1v) is 9.63. The van der Waals surface area contributed by atoms with Gasteiger partial charge in [-0.2, -0.15) is 0 Å². The Morgan fingerprint density at radius 2 is 1.89 bits per heavy atom. The van der Waals surface area contributed by atoms with Gasteiger partial charge in [0.2, 0.25) is 0 Å². The third-order valence-corrected chi connectivity index (χ3v) is 5.69. The van der Waals surface area contributed by atoms with Gasteiger partial charge in [-0.15, -0.1) is 0 Å². The molecule has 4 rings (SSSR count). The summed E-state index contributed by atoms with van der Waals surface area (Å²) in [5, 5.41) is 6.11. The topological polar surface area (TPSA) is 70.7 Å². The molecule has 2 aromatic rings. The molecule has 2 fully saturated rings. The average Bonchev–Trinajstić information content (AvgIpc) is 3.29. The van der Waals surface area contributed by atoms with Crippen LogP contribution in [0.1, 0.15) is 28.8 Å². The van der Waals surface area contributed by atoms with Crippen LogP contribution in [0, 0.1) is 12.8 Å². The van der Waals surface area contributed by atoms with Crippen LogP contribution in [0.4, 0.5) is 10.5 Å². The Bertz CT molecular complexity index is 884. The Hall–Kier alpha value is -3.02. The molecule has 6 nitrogen and oxygen atoms in total. The Balaban J connectivity index is 1.44. The number of urea groups is 1. The summed E-state index contributed by atoms with van der Waals surface area (Å²) in [6.45, 7) is 2.70. The second-order valence-electron chi connectivity index (χ2n) is 7.64. The quantitative estimate of drug-likeness (QED) is 0.855. The molecule has 1 heterocycles. The van der Waals surface area contributed by atoms with Gasteiger partial charge in [0.05, 0.1) is 18.8 Å². The van der Waals surface area contributed by atoms with Gasteiger partial charge in [0.1, 0.15) is 5.75 Å². The highest BCUT2D eigenvalue weighted by molar-refractivity contribution is 5.95. The van der Waals surface area contributed by atoms with Crippen molar-refractivity contribution >= 4 is 17.6 Å². The predicted molar refractivity (Wildman–Crippen MR) is 108 cm³/mol. The SMILES string of the molecule is COc1ccc(C)cc1NC(=O)N1C[C@@H]2C[C@H](NC(=O)c3ccccc3)[C@H]1C2. The second kappa shape index (κ2) is 7.54. The van der Waals surface area contributed by atoms with Gasteiger partial charge in [-0.1, -0.05) is 24.3 Å². The molecule has 1 aliphatic heterocycles. The van der Waals surface area contributed by atoms with E-state index in [0.29, 0.717) is 22.9 Å². The number of benzene rings is 2. The highest BCUT2D eigenvalue weighted by Gasteiger charge is 2.47. The molecule has 0 aromatic heterocycles. The fourth-order valence-electron chi connectivity index (χ4n) is 4.36. The van der Waals surface area contributed by atoms with Gasteiger partial charge in [0, 0.05) is 18.2 Å². The molecular formula is C22H25N3O3. The van der Waals surface area contributed by atoms with E-state index in [9.17, 15) is 9.59 Å². The van der Waals surface area contributed by atoms with Crippen molar-refractivity contribution in [3.63, 3.8) is 0 Å². The van der Waals surface area contributed by atoms with Crippen molar-refractivity contribution < 1.29 is 14.3 Å². The molecule has 2 N–H and O–H groups in total. The van der Waals surface area contributed by atoms with E-state index >= 15 is 0 Å². The van der Waals surface area contributed by atoms with Crippen molar-refractivity contribution in [3.8, 4) is 5.75 Å². The number of amides is 3. The fraction of sp³-hybridized carbons (Fsp3) is 0.364. The van der Waals surface area contributed by atoms with Crippen LogP contribution >= 0.6 is 0 Å². The molecule has 3 atom stereocenters. The van der Waals surface area contributed by atoms with Gasteiger partial charge in [0.15, 0.2) is 0 Å². The van der Waals surface area contributed by atoms with E-state index < -0.39 is 0 Å². The molecule has 28 heavy (non-hydrogen) atoms. The minimum Gasteiger partial charge on any atom is -0.495 e. The lowest BCUT2D eigenvalue weighted by Gasteiger charge is -2.33. The summed E-state index contributed by atoms with van der Waals surface area (Å²) in [6, 6.07) is 14.8. The number of anilines is 1. The van der Waals surface area contributed by atoms with Gasteiger partial charge < -0.3 is 20.3 Å². The molecule has 146 valence electrons. The normalized spacial score (nSPS) is 22.8. The number of methoxy groups -OCH3 is 1. The van der Waals surface area contributed by atoms with Gasteiger partial charge in [-0.25, -0.2) is 4.79 Å². The van der Waals surface area contributed by atoms with E-state index in [1.165, 1.54) is 0 Å². The molecule has 1 saturated carbocycles. The van der Waals surface area contributed by atoms with Crippen LogP contribution in [-0.4, -0.2) is 42.6 Å². The standard InChI is InChI=1S/C22H25N3O3/c1-14-8-9-20(28-2)18(10-14)24-22(27)25-13-15-11-17(19(25)12-15)23-21(26)16-6-4-3-5-7-16/h3-10,15,17,19H,11-13H2,1-2H3,(H,23,26)(H,24,27)/t15-,17+,19-/m1/s1. The van der Waals surface area contributed by atoms with Crippen LogP contribution in [0.5, 0.6) is 5.75 Å². The number of fused-ring (bicyclic) bond motifs is 2. The van der Waals surface area contributed by atoms with E-state index in [2.05, 4.69) is 10.6 Å². The number of nitrogens with zero attached hydrogens (tertiary/aromatic N) is 1. The summed E-state index contributed by atoms with van der Waals surface area (Å²) in [4.78, 5) is 27.3. The molecule has 2 bridgehead atoms. The number of rotatable bonds is 4. The first kappa shape index (κ1) is 18.3. The maximum Gasteiger partial charge on any atom is 0.322 e. The molecule has 3 amide bonds. The van der Waals surface area contributed by atoms with Gasteiger partial charge in [-0.05, 0) is 55.5 Å². The lowest BCUT2D eigenvalue weighted by Crippen LogP contribution is -2.53. The molecule has 0 radical (unpaired) electrons. The lowest BCUT2D eigenvalue weighted by molar-refractivity contribution is 0.0906. The van der Waals surface area contributed by atoms with Crippen molar-refractivity contribution in [1.82, 2.24) is 10.2 Å². The zero-order valence-corrected chi connectivity index (χ0v) is 16.1. The Morgan fingerprint density at radius 1 is 1.11 bits per heavy atom. The monoisotopic (exact) mass is 379 g/mol. The Morgan fingerprint density at radius 3 is 2.61 bits per heavy atom. The van der Waals surface area contributed by atoms with Crippen LogP contribution in [0.3, 0.4) is 0 Å². The van der Waals surface area contributed by atoms with Gasteiger partial charge in [-0.3, -0.25) is 4.79 Å². The van der Waals surface area contributed by atoms with Gasteiger partial charge >= 0.3 is 6.03 Å². The molecule has 6 heteroatoms. The first-order valence-electron chi connectivity index (χ1n) is 9.63. The summed E-state index contributed by atoms with van der Waals surface area (Å²) in [5.74, 6) is 0.979. The van der Waals surface area contributed by atoms with E-state index in [4.69, 9.17) is 4.74 Å². The largest absolute Gasteiger partial charge is 0.495 e. The maximum absolute atomic E-state index is 12.9. The van der Waals surface area contributed by atoms with Crippen molar-refractivity contribution in [3.05, 3.63) is 59.7 Å². The highest BCUT2D eigenvalue weighted by atomic mass is 16.5. The summed E-state index contributed by atoms with van der Waals surface area (Å²) in [7, 11) is 1.59. The molecular weight excluding hydrogens is 354 g/mol. The molecule has 1 aliphatic carbocycles. The van der Waals surface area contributed by atoms with Crippen LogP contribution < -0.4 is 15.4 Å². The molecule has 1 saturated heterocycles. The number of carbonyl (C=O) groups is 2. The van der Waals surface area contributed by atoms with Crippen molar-refractivity contribution in [1.29, 1.82) is 0 Å². The van der Waals surface area contributed by atoms with Crippen molar-refractivity contribution in [2.75, 3.05) is 19.0 Å². The predicted octanol–water partition coefficient (Wildman–Crippen LogP) is 3.43. The third kappa shape index (κ3) is 3.54. The number of hydrogen-bond acceptors (Lipinski definition) is 3. The van der Waals surface area contributed by atoms with Crippen LogP contribution in [-0.2, 0) is 0 Å². The van der Waals surface area contributed by atoms with E-state index in [0.717, 1.165) is 24.9 Å². The van der Waals surface area contributed by atoms with E-state index in [1.807, 2.05) is 48.2 Å². The van der Waals surface area contributed by atoms with E-state index in [1.54, 1.807) is 19.2 Å². The number of nitrogens with one attached hydrogen (secondary N) is 2. The zero-order valence-electron chi connectivity index (χ0n) is 16.1. The summed E-state index contributed by atoms with van der Waals surface area (Å²) >= 11 is 0. The summed E-state index contributed by atoms with van der Waals surface area (Å²) < 4.78 is 5.36. The van der Waals surface area contributed by atoms with E-state index in [-0.39, 0.29) is 24.0 Å². The van der Waals surface area contributed by atoms with Crippen molar-refractivity contribution in [2.45, 2.75) is 31.8 Å². The zero-order chi connectivity index (χ0) is 19.7. The van der Waals surface area contributed by atoms with Crippen LogP contribution in [0.25, 0.3) is 0 Å². The number of aryl methyl sites for hydroxylation is 1. The molecule has 2 aliphatic rings. The Labute approximate surface area is 164 Å². The number of piperidine rings is 1. The molecule has 2 aromatic carbocycles. The van der Waals surface area contributed by atoms with Crippen LogP contribution in [0.2, 0.25) is 0 Å². The molecule has 0 spiro atoms. The highest BCUT2D eigenvalue weighted by Crippen LogP contribution is 2.38. The maximum atomic E-state index is 12.9. The average molecular weight is 379 g/mol. The van der Waals surface area contributed by atoms with Gasteiger partial charge in [0.25, 0.3) is 5.91 Å². The lowest BCUT2D eigenvalue weighted by atomic mass is 10.1. The summed E-state index contributed by atoms with van der Waals surface area (Å²) in [6.07, 6.45) is 1.85. The number of likely N-dealkylation sites (tertiary alicyclic amines) is 1. The van der Waals surface area contributed by atoms with Crippen molar-refractivity contribution in [2.24, 2.45) is 5.92 Å². The smallest absolute Gasteiger partial charge is 0.322 e. The molecule has 0 unspecified atom stereocenters. The Kier molecular flexibility index (Phi) is 4.94. The van der Waals surface area contributed by atoms with Crippen LogP contribution in [0.15, 0.2) is 48.5 Å². The number of carbonyl (C=O) groups excluding carboxylic acids is 2. The number of ether oxygens (including phenoxy) is 1. The second-order valence-corrected chi connectivity index (χ2v) is 7.64. The number of hydrogen-bond donors (Lipinski definition) is 2. The third-order valence-electron chi connectivity index (χ3n) is 5.69.